The zero-order chi connectivity index (χ0) is 12.3. The summed E-state index contributed by atoms with van der Waals surface area (Å²) in [5, 5.41) is 28.2. The van der Waals surface area contributed by atoms with E-state index in [1.165, 1.54) is 6.07 Å². The molecule has 0 aliphatic heterocycles. The molecule has 0 aliphatic rings. The van der Waals surface area contributed by atoms with E-state index in [9.17, 15) is 14.9 Å². The van der Waals surface area contributed by atoms with Crippen molar-refractivity contribution in [3.63, 3.8) is 0 Å². The van der Waals surface area contributed by atoms with E-state index in [1.807, 2.05) is 0 Å². The summed E-state index contributed by atoms with van der Waals surface area (Å²) in [5.41, 5.74) is 5.21. The number of hydrogen-bond acceptors (Lipinski definition) is 5. The summed E-state index contributed by atoms with van der Waals surface area (Å²) < 4.78 is 0. The van der Waals surface area contributed by atoms with Crippen LogP contribution >= 0.6 is 12.4 Å². The van der Waals surface area contributed by atoms with Crippen molar-refractivity contribution in [1.29, 1.82) is 0 Å². The minimum absolute atomic E-state index is 0. The van der Waals surface area contributed by atoms with Crippen LogP contribution in [0.3, 0.4) is 0 Å². The van der Waals surface area contributed by atoms with Crippen molar-refractivity contribution in [3.8, 4) is 5.75 Å². The van der Waals surface area contributed by atoms with E-state index in [0.717, 1.165) is 12.1 Å². The largest absolute Gasteiger partial charge is 0.502 e. The summed E-state index contributed by atoms with van der Waals surface area (Å²) in [4.78, 5) is 20.2. The average molecular weight is 263 g/mol. The van der Waals surface area contributed by atoms with Gasteiger partial charge in [0.05, 0.1) is 4.92 Å². The maximum absolute atomic E-state index is 10.5. The Balaban J connectivity index is 0.00000256. The molecule has 1 atom stereocenters. The summed E-state index contributed by atoms with van der Waals surface area (Å²) in [6, 6.07) is 2.52. The average Bonchev–Trinajstić information content (AvgIpc) is 2.20. The summed E-state index contributed by atoms with van der Waals surface area (Å²) in [6.07, 6.45) is -0.0313. The number of rotatable bonds is 4. The summed E-state index contributed by atoms with van der Waals surface area (Å²) in [7, 11) is 0. The SMILES string of the molecule is Cl.NC(Cc1ccc(O)c([N+](=O)[O-])c1)C(=O)O. The van der Waals surface area contributed by atoms with Crippen LogP contribution < -0.4 is 5.73 Å². The van der Waals surface area contributed by atoms with Crippen molar-refractivity contribution < 1.29 is 19.9 Å². The molecule has 17 heavy (non-hydrogen) atoms. The Morgan fingerprint density at radius 1 is 1.53 bits per heavy atom. The number of carbonyl (C=O) groups is 1. The van der Waals surface area contributed by atoms with Gasteiger partial charge in [0, 0.05) is 6.07 Å². The van der Waals surface area contributed by atoms with Crippen LogP contribution in [0, 0.1) is 10.1 Å². The maximum Gasteiger partial charge on any atom is 0.320 e. The van der Waals surface area contributed by atoms with Gasteiger partial charge in [-0.2, -0.15) is 0 Å². The van der Waals surface area contributed by atoms with Gasteiger partial charge in [0.1, 0.15) is 6.04 Å². The molecular weight excluding hydrogens is 252 g/mol. The first kappa shape index (κ1) is 15.1. The normalized spacial score (nSPS) is 11.4. The molecule has 8 heteroatoms. The molecule has 0 bridgehead atoms. The monoisotopic (exact) mass is 262 g/mol. The lowest BCUT2D eigenvalue weighted by Crippen LogP contribution is -2.32. The number of phenols is 1. The van der Waals surface area contributed by atoms with Crippen LogP contribution in [0.15, 0.2) is 18.2 Å². The Labute approximate surface area is 102 Å². The first-order valence-electron chi connectivity index (χ1n) is 4.36. The van der Waals surface area contributed by atoms with E-state index in [2.05, 4.69) is 0 Å². The van der Waals surface area contributed by atoms with Crippen molar-refractivity contribution in [3.05, 3.63) is 33.9 Å². The van der Waals surface area contributed by atoms with E-state index < -0.39 is 28.4 Å². The van der Waals surface area contributed by atoms with Crippen molar-refractivity contribution in [1.82, 2.24) is 0 Å². The van der Waals surface area contributed by atoms with Gasteiger partial charge in [-0.05, 0) is 18.1 Å². The van der Waals surface area contributed by atoms with Crippen LogP contribution in [0.1, 0.15) is 5.56 Å². The number of halogens is 1. The number of hydrogen-bond donors (Lipinski definition) is 3. The van der Waals surface area contributed by atoms with Gasteiger partial charge in [-0.15, -0.1) is 12.4 Å². The quantitative estimate of drug-likeness (QED) is 0.541. The second-order valence-electron chi connectivity index (χ2n) is 3.23. The topological polar surface area (TPSA) is 127 Å². The molecule has 0 fully saturated rings. The van der Waals surface area contributed by atoms with Crippen LogP contribution in [0.5, 0.6) is 5.75 Å². The standard InChI is InChI=1S/C9H10N2O5.ClH/c10-6(9(13)14)3-5-1-2-8(12)7(4-5)11(15)16;/h1-2,4,6,12H,3,10H2,(H,13,14);1H. The number of benzene rings is 1. The van der Waals surface area contributed by atoms with Gasteiger partial charge < -0.3 is 15.9 Å². The predicted molar refractivity (Wildman–Crippen MR) is 61.3 cm³/mol. The highest BCUT2D eigenvalue weighted by Crippen LogP contribution is 2.26. The molecule has 1 aromatic carbocycles. The Bertz CT molecular complexity index is 437. The van der Waals surface area contributed by atoms with Gasteiger partial charge in [0.15, 0.2) is 5.75 Å². The third kappa shape index (κ3) is 3.89. The number of nitrogens with zero attached hydrogens (tertiary/aromatic N) is 1. The van der Waals surface area contributed by atoms with E-state index >= 15 is 0 Å². The molecule has 94 valence electrons. The molecule has 0 aromatic heterocycles. The molecule has 7 nitrogen and oxygen atoms in total. The number of nitrogens with two attached hydrogens (primary N) is 1. The molecule has 0 heterocycles. The first-order chi connectivity index (χ1) is 7.41. The van der Waals surface area contributed by atoms with Gasteiger partial charge in [0.25, 0.3) is 0 Å². The van der Waals surface area contributed by atoms with Gasteiger partial charge in [-0.25, -0.2) is 0 Å². The molecule has 0 saturated heterocycles. The molecule has 0 aliphatic carbocycles. The predicted octanol–water partition coefficient (Wildman–Crippen LogP) is 0.677. The fourth-order valence-electron chi connectivity index (χ4n) is 1.18. The second-order valence-corrected chi connectivity index (χ2v) is 3.23. The van der Waals surface area contributed by atoms with E-state index in [-0.39, 0.29) is 18.8 Å². The second kappa shape index (κ2) is 6.02. The molecule has 0 amide bonds. The molecule has 0 saturated carbocycles. The number of phenolic OH excluding ortho intramolecular Hbond substituents is 1. The Morgan fingerprint density at radius 2 is 2.12 bits per heavy atom. The summed E-state index contributed by atoms with van der Waals surface area (Å²) in [6.45, 7) is 0. The van der Waals surface area contributed by atoms with Gasteiger partial charge in [0.2, 0.25) is 0 Å². The zero-order valence-electron chi connectivity index (χ0n) is 8.57. The van der Waals surface area contributed by atoms with Crippen LogP contribution in [-0.2, 0) is 11.2 Å². The first-order valence-corrected chi connectivity index (χ1v) is 4.36. The molecule has 0 spiro atoms. The summed E-state index contributed by atoms with van der Waals surface area (Å²) >= 11 is 0. The highest BCUT2D eigenvalue weighted by molar-refractivity contribution is 5.85. The van der Waals surface area contributed by atoms with Crippen molar-refractivity contribution in [2.24, 2.45) is 5.73 Å². The third-order valence-electron chi connectivity index (χ3n) is 2.01. The zero-order valence-corrected chi connectivity index (χ0v) is 9.38. The van der Waals surface area contributed by atoms with Crippen LogP contribution in [0.25, 0.3) is 0 Å². The highest BCUT2D eigenvalue weighted by Gasteiger charge is 2.17. The Hall–Kier alpha value is -1.86. The minimum Gasteiger partial charge on any atom is -0.502 e. The molecule has 4 N–H and O–H groups in total. The van der Waals surface area contributed by atoms with Crippen LogP contribution in [-0.4, -0.2) is 27.1 Å². The molecule has 1 unspecified atom stereocenters. The lowest BCUT2D eigenvalue weighted by Gasteiger charge is -2.06. The lowest BCUT2D eigenvalue weighted by atomic mass is 10.1. The summed E-state index contributed by atoms with van der Waals surface area (Å²) in [5.74, 6) is -1.65. The number of carboxylic acid groups (broad SMARTS) is 1. The van der Waals surface area contributed by atoms with Gasteiger partial charge in [-0.1, -0.05) is 6.07 Å². The van der Waals surface area contributed by atoms with E-state index in [4.69, 9.17) is 15.9 Å². The lowest BCUT2D eigenvalue weighted by molar-refractivity contribution is -0.385. The van der Waals surface area contributed by atoms with Crippen molar-refractivity contribution >= 4 is 24.1 Å². The Morgan fingerprint density at radius 3 is 2.59 bits per heavy atom. The van der Waals surface area contributed by atoms with Crippen molar-refractivity contribution in [2.75, 3.05) is 0 Å². The van der Waals surface area contributed by atoms with E-state index in [0.29, 0.717) is 5.56 Å². The fraction of sp³-hybridized carbons (Fsp3) is 0.222. The third-order valence-corrected chi connectivity index (χ3v) is 2.01. The van der Waals surface area contributed by atoms with Crippen LogP contribution in [0.2, 0.25) is 0 Å². The number of aliphatic carboxylic acids is 1. The molecule has 0 radical (unpaired) electrons. The van der Waals surface area contributed by atoms with Gasteiger partial charge in [-0.3, -0.25) is 14.9 Å². The number of carboxylic acids is 1. The Kier molecular flexibility index (Phi) is 5.36. The highest BCUT2D eigenvalue weighted by atomic mass is 35.5. The maximum atomic E-state index is 10.5. The number of aromatic hydroxyl groups is 1. The van der Waals surface area contributed by atoms with Crippen LogP contribution in [0.4, 0.5) is 5.69 Å². The molecular formula is C9H11ClN2O5. The number of nitro groups is 1. The number of nitro benzene ring substituents is 1. The van der Waals surface area contributed by atoms with Crippen molar-refractivity contribution in [2.45, 2.75) is 12.5 Å². The fourth-order valence-corrected chi connectivity index (χ4v) is 1.18. The van der Waals surface area contributed by atoms with Gasteiger partial charge >= 0.3 is 11.7 Å². The smallest absolute Gasteiger partial charge is 0.320 e. The van der Waals surface area contributed by atoms with E-state index in [1.54, 1.807) is 0 Å². The minimum atomic E-state index is -1.18. The molecule has 1 aromatic rings. The molecule has 1 rings (SSSR count).